The Kier molecular flexibility index (Phi) is 3.33. The molecule has 5 heteroatoms. The maximum Gasteiger partial charge on any atom is 0.260 e. The van der Waals surface area contributed by atoms with Gasteiger partial charge in [-0.3, -0.25) is 9.48 Å². The SMILES string of the molecule is O=C(COc1ccccc1)N1CCn2nc3c(c2C1)CCC3. The fraction of sp³-hybridized carbons (Fsp3) is 0.412. The molecule has 2 heterocycles. The zero-order valence-electron chi connectivity index (χ0n) is 12.5. The van der Waals surface area contributed by atoms with Crippen molar-refractivity contribution in [2.45, 2.75) is 32.4 Å². The molecule has 2 aromatic rings. The van der Waals surface area contributed by atoms with Gasteiger partial charge in [-0.15, -0.1) is 0 Å². The van der Waals surface area contributed by atoms with Crippen molar-refractivity contribution in [3.63, 3.8) is 0 Å². The molecule has 0 N–H and O–H groups in total. The predicted octanol–water partition coefficient (Wildman–Crippen LogP) is 1.79. The highest BCUT2D eigenvalue weighted by Crippen LogP contribution is 2.27. The first-order valence-electron chi connectivity index (χ1n) is 7.84. The van der Waals surface area contributed by atoms with E-state index in [1.807, 2.05) is 35.2 Å². The molecule has 22 heavy (non-hydrogen) atoms. The molecule has 0 unspecified atom stereocenters. The number of rotatable bonds is 3. The fourth-order valence-electron chi connectivity index (χ4n) is 3.31. The lowest BCUT2D eigenvalue weighted by atomic mass is 10.1. The molecule has 5 nitrogen and oxygen atoms in total. The summed E-state index contributed by atoms with van der Waals surface area (Å²) in [7, 11) is 0. The van der Waals surface area contributed by atoms with Gasteiger partial charge in [-0.05, 0) is 37.0 Å². The van der Waals surface area contributed by atoms with Crippen LogP contribution in [0.2, 0.25) is 0 Å². The van der Waals surface area contributed by atoms with Crippen LogP contribution in [0.25, 0.3) is 0 Å². The van der Waals surface area contributed by atoms with Gasteiger partial charge in [-0.25, -0.2) is 0 Å². The molecule has 0 atom stereocenters. The molecular formula is C17H19N3O2. The molecule has 0 fully saturated rings. The van der Waals surface area contributed by atoms with E-state index in [-0.39, 0.29) is 12.5 Å². The van der Waals surface area contributed by atoms with E-state index in [0.29, 0.717) is 13.1 Å². The Balaban J connectivity index is 1.42. The summed E-state index contributed by atoms with van der Waals surface area (Å²) in [5, 5.41) is 4.67. The van der Waals surface area contributed by atoms with Gasteiger partial charge in [0.05, 0.1) is 24.5 Å². The number of carbonyl (C=O) groups excluding carboxylic acids is 1. The number of carbonyl (C=O) groups is 1. The zero-order valence-corrected chi connectivity index (χ0v) is 12.5. The van der Waals surface area contributed by atoms with Crippen molar-refractivity contribution in [1.82, 2.24) is 14.7 Å². The standard InChI is InChI=1S/C17H19N3O2/c21-17(12-22-13-5-2-1-3-6-13)19-9-10-20-16(11-19)14-7-4-8-15(14)18-20/h1-3,5-6H,4,7-12H2. The lowest BCUT2D eigenvalue weighted by molar-refractivity contribution is -0.134. The average molecular weight is 297 g/mol. The molecule has 1 aliphatic heterocycles. The van der Waals surface area contributed by atoms with E-state index in [1.54, 1.807) is 0 Å². The normalized spacial score (nSPS) is 16.3. The van der Waals surface area contributed by atoms with Crippen LogP contribution in [0.5, 0.6) is 5.75 Å². The van der Waals surface area contributed by atoms with Gasteiger partial charge in [0.1, 0.15) is 5.75 Å². The molecular weight excluding hydrogens is 278 g/mol. The summed E-state index contributed by atoms with van der Waals surface area (Å²) in [6.45, 7) is 2.27. The van der Waals surface area contributed by atoms with Crippen molar-refractivity contribution in [1.29, 1.82) is 0 Å². The summed E-state index contributed by atoms with van der Waals surface area (Å²) in [6.07, 6.45) is 3.38. The zero-order chi connectivity index (χ0) is 14.9. The summed E-state index contributed by atoms with van der Waals surface area (Å²) < 4.78 is 7.66. The summed E-state index contributed by atoms with van der Waals surface area (Å²) in [5.74, 6) is 0.779. The molecule has 2 aliphatic rings. The van der Waals surface area contributed by atoms with Gasteiger partial charge in [0.2, 0.25) is 0 Å². The summed E-state index contributed by atoms with van der Waals surface area (Å²) in [6, 6.07) is 9.48. The second-order valence-corrected chi connectivity index (χ2v) is 5.87. The molecule has 1 aliphatic carbocycles. The first-order valence-corrected chi connectivity index (χ1v) is 7.84. The van der Waals surface area contributed by atoms with E-state index in [2.05, 4.69) is 9.78 Å². The Morgan fingerprint density at radius 3 is 2.91 bits per heavy atom. The van der Waals surface area contributed by atoms with Gasteiger partial charge in [-0.1, -0.05) is 18.2 Å². The van der Waals surface area contributed by atoms with Crippen molar-refractivity contribution < 1.29 is 9.53 Å². The number of hydrogen-bond donors (Lipinski definition) is 0. The summed E-state index contributed by atoms with van der Waals surface area (Å²) in [4.78, 5) is 14.3. The van der Waals surface area contributed by atoms with Crippen molar-refractivity contribution in [3.8, 4) is 5.75 Å². The third kappa shape index (κ3) is 2.36. The Labute approximate surface area is 129 Å². The number of aromatic nitrogens is 2. The first kappa shape index (κ1) is 13.4. The second kappa shape index (κ2) is 5.48. The van der Waals surface area contributed by atoms with Crippen molar-refractivity contribution in [3.05, 3.63) is 47.3 Å². The third-order valence-electron chi connectivity index (χ3n) is 4.47. The van der Waals surface area contributed by atoms with Crippen LogP contribution >= 0.6 is 0 Å². The van der Waals surface area contributed by atoms with E-state index < -0.39 is 0 Å². The van der Waals surface area contributed by atoms with E-state index in [4.69, 9.17) is 4.74 Å². The Bertz CT molecular complexity index is 693. The predicted molar refractivity (Wildman–Crippen MR) is 81.6 cm³/mol. The number of benzene rings is 1. The van der Waals surface area contributed by atoms with Gasteiger partial charge in [-0.2, -0.15) is 5.10 Å². The molecule has 0 bridgehead atoms. The van der Waals surface area contributed by atoms with Crippen LogP contribution in [0.1, 0.15) is 23.4 Å². The van der Waals surface area contributed by atoms with Crippen molar-refractivity contribution >= 4 is 5.91 Å². The van der Waals surface area contributed by atoms with Gasteiger partial charge >= 0.3 is 0 Å². The lowest BCUT2D eigenvalue weighted by Crippen LogP contribution is -2.41. The fourth-order valence-corrected chi connectivity index (χ4v) is 3.31. The maximum absolute atomic E-state index is 12.4. The monoisotopic (exact) mass is 297 g/mol. The van der Waals surface area contributed by atoms with Gasteiger partial charge < -0.3 is 9.64 Å². The number of amides is 1. The molecule has 1 aromatic carbocycles. The van der Waals surface area contributed by atoms with Crippen LogP contribution in [-0.2, 0) is 30.7 Å². The number of para-hydroxylation sites is 1. The van der Waals surface area contributed by atoms with E-state index in [1.165, 1.54) is 23.4 Å². The minimum Gasteiger partial charge on any atom is -0.484 e. The van der Waals surface area contributed by atoms with Crippen LogP contribution in [0.3, 0.4) is 0 Å². The minimum absolute atomic E-state index is 0.0445. The third-order valence-corrected chi connectivity index (χ3v) is 4.47. The minimum atomic E-state index is 0.0445. The highest BCUT2D eigenvalue weighted by atomic mass is 16.5. The van der Waals surface area contributed by atoms with Crippen LogP contribution in [0, 0.1) is 0 Å². The molecule has 0 saturated heterocycles. The number of ether oxygens (including phenoxy) is 1. The number of aryl methyl sites for hydroxylation is 1. The van der Waals surface area contributed by atoms with Crippen LogP contribution in [-0.4, -0.2) is 33.7 Å². The largest absolute Gasteiger partial charge is 0.484 e. The molecule has 0 saturated carbocycles. The van der Waals surface area contributed by atoms with Gasteiger partial charge in [0.25, 0.3) is 5.91 Å². The quantitative estimate of drug-likeness (QED) is 0.868. The van der Waals surface area contributed by atoms with E-state index >= 15 is 0 Å². The molecule has 114 valence electrons. The topological polar surface area (TPSA) is 47.4 Å². The highest BCUT2D eigenvalue weighted by molar-refractivity contribution is 5.78. The van der Waals surface area contributed by atoms with E-state index in [0.717, 1.165) is 25.1 Å². The Morgan fingerprint density at radius 1 is 1.18 bits per heavy atom. The molecule has 1 aromatic heterocycles. The molecule has 0 spiro atoms. The van der Waals surface area contributed by atoms with Crippen LogP contribution in [0.4, 0.5) is 0 Å². The number of fused-ring (bicyclic) bond motifs is 3. The Morgan fingerprint density at radius 2 is 2.05 bits per heavy atom. The molecule has 0 radical (unpaired) electrons. The van der Waals surface area contributed by atoms with Crippen molar-refractivity contribution in [2.24, 2.45) is 0 Å². The smallest absolute Gasteiger partial charge is 0.260 e. The van der Waals surface area contributed by atoms with Crippen molar-refractivity contribution in [2.75, 3.05) is 13.2 Å². The van der Waals surface area contributed by atoms with Gasteiger partial charge in [0, 0.05) is 6.54 Å². The summed E-state index contributed by atoms with van der Waals surface area (Å²) >= 11 is 0. The molecule has 1 amide bonds. The molecule has 4 rings (SSSR count). The second-order valence-electron chi connectivity index (χ2n) is 5.87. The average Bonchev–Trinajstić information content (AvgIpc) is 3.14. The van der Waals surface area contributed by atoms with Crippen LogP contribution < -0.4 is 4.74 Å². The maximum atomic E-state index is 12.4. The van der Waals surface area contributed by atoms with E-state index in [9.17, 15) is 4.79 Å². The number of hydrogen-bond acceptors (Lipinski definition) is 3. The Hall–Kier alpha value is -2.30. The highest BCUT2D eigenvalue weighted by Gasteiger charge is 2.28. The van der Waals surface area contributed by atoms with Gasteiger partial charge in [0.15, 0.2) is 6.61 Å². The van der Waals surface area contributed by atoms with Crippen LogP contribution in [0.15, 0.2) is 30.3 Å². The summed E-state index contributed by atoms with van der Waals surface area (Å²) in [5.41, 5.74) is 3.85. The lowest BCUT2D eigenvalue weighted by Gasteiger charge is -2.28. The number of nitrogens with zero attached hydrogens (tertiary/aromatic N) is 3. The first-order chi connectivity index (χ1) is 10.8.